The number of unbranched alkanes of at least 4 members (excludes halogenated alkanes) is 9. The highest BCUT2D eigenvalue weighted by Gasteiger charge is 2.31. The van der Waals surface area contributed by atoms with Gasteiger partial charge in [0.1, 0.15) is 0 Å². The summed E-state index contributed by atoms with van der Waals surface area (Å²) < 4.78 is 6.05. The summed E-state index contributed by atoms with van der Waals surface area (Å²) in [5, 5.41) is 3.47. The van der Waals surface area contributed by atoms with Gasteiger partial charge in [-0.3, -0.25) is 0 Å². The molecule has 124 valence electrons. The van der Waals surface area contributed by atoms with Gasteiger partial charge in [0.2, 0.25) is 0 Å². The molecule has 1 rings (SSSR count). The van der Waals surface area contributed by atoms with Crippen molar-refractivity contribution in [3.8, 4) is 0 Å². The van der Waals surface area contributed by atoms with E-state index in [0.717, 1.165) is 26.1 Å². The molecule has 0 aromatic carbocycles. The van der Waals surface area contributed by atoms with Gasteiger partial charge in [0.15, 0.2) is 0 Å². The van der Waals surface area contributed by atoms with Crippen molar-refractivity contribution < 1.29 is 4.74 Å². The monoisotopic (exact) mass is 295 g/mol. The van der Waals surface area contributed by atoms with Gasteiger partial charge in [-0.2, -0.15) is 0 Å². The van der Waals surface area contributed by atoms with Crippen LogP contribution < -0.4 is 5.32 Å². The Balaban J connectivity index is 1.98. The molecule has 0 aliphatic carbocycles. The van der Waals surface area contributed by atoms with Crippen molar-refractivity contribution in [2.45, 2.75) is 89.6 Å². The maximum atomic E-state index is 6.05. The molecule has 0 radical (unpaired) electrons. The topological polar surface area (TPSA) is 21.3 Å². The molecule has 1 atom stereocenters. The Morgan fingerprint density at radius 3 is 2.14 bits per heavy atom. The first kappa shape index (κ1) is 18.7. The van der Waals surface area contributed by atoms with Crippen LogP contribution in [0.1, 0.15) is 84.0 Å². The molecule has 1 aliphatic heterocycles. The third-order valence-corrected chi connectivity index (χ3v) is 4.64. The first-order valence-corrected chi connectivity index (χ1v) is 9.28. The molecule has 0 spiro atoms. The lowest BCUT2D eigenvalue weighted by molar-refractivity contribution is -0.0702. The highest BCUT2D eigenvalue weighted by molar-refractivity contribution is 4.92. The second kappa shape index (κ2) is 12.2. The maximum Gasteiger partial charge on any atom is 0.0841 e. The van der Waals surface area contributed by atoms with E-state index >= 15 is 0 Å². The van der Waals surface area contributed by atoms with E-state index in [-0.39, 0.29) is 5.60 Å². The lowest BCUT2D eigenvalue weighted by Gasteiger charge is -2.37. The number of morpholine rings is 1. The number of nitrogens with one attached hydrogen (secondary N) is 1. The Bertz CT molecular complexity index is 246. The maximum absolute atomic E-state index is 6.05. The van der Waals surface area contributed by atoms with Gasteiger partial charge in [0.05, 0.1) is 12.2 Å². The van der Waals surface area contributed by atoms with Crippen LogP contribution in [-0.4, -0.2) is 25.3 Å². The molecule has 1 aliphatic rings. The Hall–Kier alpha value is -0.340. The lowest BCUT2D eigenvalue weighted by atomic mass is 9.90. The number of rotatable bonds is 13. The molecule has 1 N–H and O–H groups in total. The van der Waals surface area contributed by atoms with E-state index in [1.807, 2.05) is 6.08 Å². The average Bonchev–Trinajstić information content (AvgIpc) is 2.50. The molecule has 0 aromatic heterocycles. The van der Waals surface area contributed by atoms with Gasteiger partial charge in [-0.25, -0.2) is 0 Å². The summed E-state index contributed by atoms with van der Waals surface area (Å²) in [5.41, 5.74) is 0.0418. The molecule has 1 fully saturated rings. The molecular formula is C19H37NO. The van der Waals surface area contributed by atoms with Crippen molar-refractivity contribution in [3.63, 3.8) is 0 Å². The molecule has 1 saturated heterocycles. The number of ether oxygens (including phenoxy) is 1. The van der Waals surface area contributed by atoms with E-state index in [1.165, 1.54) is 70.6 Å². The normalized spacial score (nSPS) is 22.3. The summed E-state index contributed by atoms with van der Waals surface area (Å²) in [7, 11) is 0. The van der Waals surface area contributed by atoms with Crippen molar-refractivity contribution in [2.24, 2.45) is 0 Å². The second-order valence-electron chi connectivity index (χ2n) is 6.63. The first-order chi connectivity index (χ1) is 10.3. The fourth-order valence-electron chi connectivity index (χ4n) is 3.30. The Morgan fingerprint density at radius 2 is 1.62 bits per heavy atom. The van der Waals surface area contributed by atoms with Crippen LogP contribution in [0.2, 0.25) is 0 Å². The minimum absolute atomic E-state index is 0.0418. The van der Waals surface area contributed by atoms with Crippen molar-refractivity contribution in [1.29, 1.82) is 0 Å². The SMILES string of the molecule is C=CCC1(CCCCCCCCCCCC)CNCCO1. The fourth-order valence-corrected chi connectivity index (χ4v) is 3.30. The predicted molar refractivity (Wildman–Crippen MR) is 92.8 cm³/mol. The zero-order valence-corrected chi connectivity index (χ0v) is 14.3. The van der Waals surface area contributed by atoms with E-state index in [9.17, 15) is 0 Å². The molecule has 0 aromatic rings. The van der Waals surface area contributed by atoms with Crippen LogP contribution in [-0.2, 0) is 4.74 Å². The zero-order chi connectivity index (χ0) is 15.2. The molecular weight excluding hydrogens is 258 g/mol. The standard InChI is InChI=1S/C19H37NO/c1-3-5-6-7-8-9-10-11-12-13-15-19(14-4-2)18-20-16-17-21-19/h4,20H,2-3,5-18H2,1H3. The van der Waals surface area contributed by atoms with Gasteiger partial charge in [0, 0.05) is 13.1 Å². The van der Waals surface area contributed by atoms with Crippen LogP contribution in [0.25, 0.3) is 0 Å². The van der Waals surface area contributed by atoms with Crippen molar-refractivity contribution in [2.75, 3.05) is 19.7 Å². The average molecular weight is 296 g/mol. The van der Waals surface area contributed by atoms with Gasteiger partial charge in [0.25, 0.3) is 0 Å². The highest BCUT2D eigenvalue weighted by Crippen LogP contribution is 2.26. The third-order valence-electron chi connectivity index (χ3n) is 4.64. The van der Waals surface area contributed by atoms with E-state index < -0.39 is 0 Å². The summed E-state index contributed by atoms with van der Waals surface area (Å²) in [4.78, 5) is 0. The minimum atomic E-state index is 0.0418. The summed E-state index contributed by atoms with van der Waals surface area (Å²) in [5.74, 6) is 0. The molecule has 0 saturated carbocycles. The van der Waals surface area contributed by atoms with Crippen LogP contribution in [0.4, 0.5) is 0 Å². The van der Waals surface area contributed by atoms with Crippen molar-refractivity contribution in [3.05, 3.63) is 12.7 Å². The summed E-state index contributed by atoms with van der Waals surface area (Å²) in [6.45, 7) is 9.02. The summed E-state index contributed by atoms with van der Waals surface area (Å²) in [6, 6.07) is 0. The van der Waals surface area contributed by atoms with Crippen LogP contribution in [0, 0.1) is 0 Å². The van der Waals surface area contributed by atoms with E-state index in [0.29, 0.717) is 0 Å². The molecule has 21 heavy (non-hydrogen) atoms. The van der Waals surface area contributed by atoms with Gasteiger partial charge >= 0.3 is 0 Å². The smallest absolute Gasteiger partial charge is 0.0841 e. The summed E-state index contributed by atoms with van der Waals surface area (Å²) in [6.07, 6.45) is 18.2. The summed E-state index contributed by atoms with van der Waals surface area (Å²) >= 11 is 0. The third kappa shape index (κ3) is 8.63. The largest absolute Gasteiger partial charge is 0.372 e. The van der Waals surface area contributed by atoms with Crippen LogP contribution >= 0.6 is 0 Å². The molecule has 2 heteroatoms. The van der Waals surface area contributed by atoms with Gasteiger partial charge < -0.3 is 10.1 Å². The minimum Gasteiger partial charge on any atom is -0.372 e. The van der Waals surface area contributed by atoms with Crippen LogP contribution in [0.15, 0.2) is 12.7 Å². The number of hydrogen-bond acceptors (Lipinski definition) is 2. The van der Waals surface area contributed by atoms with E-state index in [2.05, 4.69) is 18.8 Å². The fraction of sp³-hybridized carbons (Fsp3) is 0.895. The molecule has 2 nitrogen and oxygen atoms in total. The Morgan fingerprint density at radius 1 is 1.00 bits per heavy atom. The predicted octanol–water partition coefficient (Wildman–Crippen LogP) is 5.23. The van der Waals surface area contributed by atoms with Crippen LogP contribution in [0.5, 0.6) is 0 Å². The van der Waals surface area contributed by atoms with E-state index in [1.54, 1.807) is 0 Å². The molecule has 0 bridgehead atoms. The first-order valence-electron chi connectivity index (χ1n) is 9.28. The van der Waals surface area contributed by atoms with Gasteiger partial charge in [-0.1, -0.05) is 77.2 Å². The second-order valence-corrected chi connectivity index (χ2v) is 6.63. The molecule has 1 heterocycles. The van der Waals surface area contributed by atoms with Gasteiger partial charge in [-0.15, -0.1) is 6.58 Å². The zero-order valence-electron chi connectivity index (χ0n) is 14.3. The van der Waals surface area contributed by atoms with Crippen molar-refractivity contribution >= 4 is 0 Å². The Labute approximate surface area is 132 Å². The quantitative estimate of drug-likeness (QED) is 0.371. The molecule has 1 unspecified atom stereocenters. The lowest BCUT2D eigenvalue weighted by Crippen LogP contribution is -2.49. The molecule has 0 amide bonds. The van der Waals surface area contributed by atoms with Crippen LogP contribution in [0.3, 0.4) is 0 Å². The Kier molecular flexibility index (Phi) is 10.9. The highest BCUT2D eigenvalue weighted by atomic mass is 16.5. The van der Waals surface area contributed by atoms with Gasteiger partial charge in [-0.05, 0) is 12.8 Å². The number of hydrogen-bond donors (Lipinski definition) is 1. The van der Waals surface area contributed by atoms with E-state index in [4.69, 9.17) is 4.74 Å². The van der Waals surface area contributed by atoms with Crippen molar-refractivity contribution in [1.82, 2.24) is 5.32 Å².